The average Bonchev–Trinajstić information content (AvgIpc) is 3.25. The summed E-state index contributed by atoms with van der Waals surface area (Å²) in [6.45, 7) is 1.79. The number of nitrogens with one attached hydrogen (secondary N) is 1. The van der Waals surface area contributed by atoms with Crippen LogP contribution in [-0.4, -0.2) is 40.1 Å². The molecule has 0 unspecified atom stereocenters. The third kappa shape index (κ3) is 5.15. The molecule has 0 aliphatic carbocycles. The van der Waals surface area contributed by atoms with Gasteiger partial charge in [0, 0.05) is 24.5 Å². The number of likely N-dealkylation sites (N-methyl/N-ethyl adjacent to an activating group) is 1. The monoisotopic (exact) mass is 442 g/mol. The maximum atomic E-state index is 13.4. The molecule has 0 fully saturated rings. The standard InChI is InChI=1S/C26H23FN4O2/c1-18-11-13-19(14-12-18)25-23(16-31(29-25)22-9-4-3-5-10-22)26(33)30(2)17-24(32)28-21-8-6-7-20(27)15-21/h3-16H,17H2,1-2H3,(H,28,32). The van der Waals surface area contributed by atoms with Crippen molar-refractivity contribution in [3.8, 4) is 16.9 Å². The highest BCUT2D eigenvalue weighted by atomic mass is 19.1. The predicted octanol–water partition coefficient (Wildman–Crippen LogP) is 4.70. The molecule has 2 amide bonds. The van der Waals surface area contributed by atoms with Crippen molar-refractivity contribution < 1.29 is 14.0 Å². The number of anilines is 1. The molecule has 1 N–H and O–H groups in total. The SMILES string of the molecule is Cc1ccc(-c2nn(-c3ccccc3)cc2C(=O)N(C)CC(=O)Nc2cccc(F)c2)cc1. The Balaban J connectivity index is 1.60. The van der Waals surface area contributed by atoms with Crippen molar-refractivity contribution in [2.45, 2.75) is 6.92 Å². The van der Waals surface area contributed by atoms with Crippen LogP contribution in [0.5, 0.6) is 0 Å². The summed E-state index contributed by atoms with van der Waals surface area (Å²) < 4.78 is 15.0. The second kappa shape index (κ2) is 9.48. The van der Waals surface area contributed by atoms with Crippen molar-refractivity contribution in [3.63, 3.8) is 0 Å². The van der Waals surface area contributed by atoms with Gasteiger partial charge in [0.1, 0.15) is 11.5 Å². The third-order valence-corrected chi connectivity index (χ3v) is 5.13. The second-order valence-corrected chi connectivity index (χ2v) is 7.76. The smallest absolute Gasteiger partial charge is 0.257 e. The van der Waals surface area contributed by atoms with Gasteiger partial charge in [-0.15, -0.1) is 0 Å². The van der Waals surface area contributed by atoms with E-state index in [1.54, 1.807) is 24.0 Å². The van der Waals surface area contributed by atoms with Crippen LogP contribution in [-0.2, 0) is 4.79 Å². The number of aromatic nitrogens is 2. The van der Waals surface area contributed by atoms with Gasteiger partial charge in [-0.1, -0.05) is 54.1 Å². The van der Waals surface area contributed by atoms with Gasteiger partial charge in [-0.2, -0.15) is 5.10 Å². The van der Waals surface area contributed by atoms with Crippen LogP contribution < -0.4 is 5.32 Å². The molecule has 0 radical (unpaired) electrons. The normalized spacial score (nSPS) is 10.6. The van der Waals surface area contributed by atoms with Crippen LogP contribution in [0.15, 0.2) is 85.1 Å². The largest absolute Gasteiger partial charge is 0.332 e. The number of amides is 2. The van der Waals surface area contributed by atoms with Crippen molar-refractivity contribution in [1.29, 1.82) is 0 Å². The molecule has 4 aromatic rings. The molecule has 0 spiro atoms. The van der Waals surface area contributed by atoms with Crippen molar-refractivity contribution in [3.05, 3.63) is 102 Å². The van der Waals surface area contributed by atoms with Crippen molar-refractivity contribution in [1.82, 2.24) is 14.7 Å². The fourth-order valence-electron chi connectivity index (χ4n) is 3.43. The molecule has 0 saturated heterocycles. The number of rotatable bonds is 6. The number of nitrogens with zero attached hydrogens (tertiary/aromatic N) is 3. The highest BCUT2D eigenvalue weighted by molar-refractivity contribution is 6.02. The molecule has 0 bridgehead atoms. The molecular weight excluding hydrogens is 419 g/mol. The van der Waals surface area contributed by atoms with E-state index in [4.69, 9.17) is 0 Å². The number of hydrogen-bond acceptors (Lipinski definition) is 3. The van der Waals surface area contributed by atoms with Crippen molar-refractivity contribution in [2.24, 2.45) is 0 Å². The van der Waals surface area contributed by atoms with Gasteiger partial charge in [0.15, 0.2) is 0 Å². The van der Waals surface area contributed by atoms with Gasteiger partial charge in [0.25, 0.3) is 5.91 Å². The highest BCUT2D eigenvalue weighted by Gasteiger charge is 2.23. The Morgan fingerprint density at radius 3 is 2.42 bits per heavy atom. The Morgan fingerprint density at radius 1 is 1.00 bits per heavy atom. The molecule has 1 aromatic heterocycles. The Labute approximate surface area is 191 Å². The first kappa shape index (κ1) is 22.0. The summed E-state index contributed by atoms with van der Waals surface area (Å²) in [5, 5.41) is 7.28. The van der Waals surface area contributed by atoms with Gasteiger partial charge in [0.2, 0.25) is 5.91 Å². The molecule has 0 aliphatic rings. The topological polar surface area (TPSA) is 67.2 Å². The maximum absolute atomic E-state index is 13.4. The number of carbonyl (C=O) groups excluding carboxylic acids is 2. The van der Waals surface area contributed by atoms with Gasteiger partial charge in [0.05, 0.1) is 17.8 Å². The minimum atomic E-state index is -0.451. The molecule has 3 aromatic carbocycles. The van der Waals surface area contributed by atoms with Crippen molar-refractivity contribution >= 4 is 17.5 Å². The van der Waals surface area contributed by atoms with Crippen LogP contribution in [0.2, 0.25) is 0 Å². The zero-order valence-electron chi connectivity index (χ0n) is 18.3. The number of aryl methyl sites for hydroxylation is 1. The summed E-state index contributed by atoms with van der Waals surface area (Å²) in [6, 6.07) is 22.9. The Morgan fingerprint density at radius 2 is 1.73 bits per heavy atom. The molecule has 166 valence electrons. The summed E-state index contributed by atoms with van der Waals surface area (Å²) >= 11 is 0. The zero-order valence-corrected chi connectivity index (χ0v) is 18.3. The highest BCUT2D eigenvalue weighted by Crippen LogP contribution is 2.25. The molecular formula is C26H23FN4O2. The summed E-state index contributed by atoms with van der Waals surface area (Å²) in [7, 11) is 1.55. The predicted molar refractivity (Wildman–Crippen MR) is 126 cm³/mol. The van der Waals surface area contributed by atoms with Gasteiger partial charge < -0.3 is 10.2 Å². The quantitative estimate of drug-likeness (QED) is 0.471. The lowest BCUT2D eigenvalue weighted by molar-refractivity contribution is -0.116. The number of para-hydroxylation sites is 1. The van der Waals surface area contributed by atoms with Crippen LogP contribution >= 0.6 is 0 Å². The molecule has 0 atom stereocenters. The summed E-state index contributed by atoms with van der Waals surface area (Å²) in [4.78, 5) is 27.1. The minimum Gasteiger partial charge on any atom is -0.332 e. The fourth-order valence-corrected chi connectivity index (χ4v) is 3.43. The Kier molecular flexibility index (Phi) is 6.31. The Hall–Kier alpha value is -4.26. The molecule has 1 heterocycles. The molecule has 0 saturated carbocycles. The number of hydrogen-bond donors (Lipinski definition) is 1. The summed E-state index contributed by atoms with van der Waals surface area (Å²) in [5.74, 6) is -1.22. The zero-order chi connectivity index (χ0) is 23.4. The van der Waals surface area contributed by atoms with E-state index in [-0.39, 0.29) is 12.5 Å². The third-order valence-electron chi connectivity index (χ3n) is 5.13. The maximum Gasteiger partial charge on any atom is 0.257 e. The van der Waals surface area contributed by atoms with E-state index in [9.17, 15) is 14.0 Å². The van der Waals surface area contributed by atoms with Crippen LogP contribution in [0, 0.1) is 12.7 Å². The number of carbonyl (C=O) groups is 2. The van der Waals surface area contributed by atoms with Crippen LogP contribution in [0.25, 0.3) is 16.9 Å². The van der Waals surface area contributed by atoms with Crippen LogP contribution in [0.1, 0.15) is 15.9 Å². The van der Waals surface area contributed by atoms with Crippen LogP contribution in [0.3, 0.4) is 0 Å². The van der Waals surface area contributed by atoms with E-state index >= 15 is 0 Å². The van der Waals surface area contributed by atoms with E-state index in [1.807, 2.05) is 61.5 Å². The molecule has 33 heavy (non-hydrogen) atoms. The lowest BCUT2D eigenvalue weighted by Gasteiger charge is -2.17. The van der Waals surface area contributed by atoms with E-state index < -0.39 is 11.7 Å². The van der Waals surface area contributed by atoms with Gasteiger partial charge in [-0.3, -0.25) is 9.59 Å². The van der Waals surface area contributed by atoms with Crippen LogP contribution in [0.4, 0.5) is 10.1 Å². The van der Waals surface area contributed by atoms with Gasteiger partial charge >= 0.3 is 0 Å². The first-order valence-electron chi connectivity index (χ1n) is 10.4. The van der Waals surface area contributed by atoms with Gasteiger partial charge in [-0.25, -0.2) is 9.07 Å². The van der Waals surface area contributed by atoms with Gasteiger partial charge in [-0.05, 0) is 37.3 Å². The minimum absolute atomic E-state index is 0.195. The first-order chi connectivity index (χ1) is 15.9. The molecule has 6 nitrogen and oxygen atoms in total. The molecule has 4 rings (SSSR count). The number of benzene rings is 3. The second-order valence-electron chi connectivity index (χ2n) is 7.76. The molecule has 0 aliphatic heterocycles. The summed E-state index contributed by atoms with van der Waals surface area (Å²) in [6.07, 6.45) is 1.67. The number of halogens is 1. The van der Waals surface area contributed by atoms with E-state index in [0.29, 0.717) is 16.9 Å². The van der Waals surface area contributed by atoms with Crippen molar-refractivity contribution in [2.75, 3.05) is 18.9 Å². The lowest BCUT2D eigenvalue weighted by Crippen LogP contribution is -2.35. The first-order valence-corrected chi connectivity index (χ1v) is 10.4. The van der Waals surface area contributed by atoms with E-state index in [0.717, 1.165) is 16.8 Å². The van der Waals surface area contributed by atoms with E-state index in [2.05, 4.69) is 10.4 Å². The fraction of sp³-hybridized carbons (Fsp3) is 0.115. The Bertz CT molecular complexity index is 1280. The lowest BCUT2D eigenvalue weighted by atomic mass is 10.1. The summed E-state index contributed by atoms with van der Waals surface area (Å²) in [5.41, 5.74) is 3.95. The molecule has 7 heteroatoms. The van der Waals surface area contributed by atoms with E-state index in [1.165, 1.54) is 23.1 Å². The average molecular weight is 442 g/mol.